The maximum Gasteiger partial charge on any atom is 0.140 e. The van der Waals surface area contributed by atoms with E-state index in [1.807, 2.05) is 0 Å². The van der Waals surface area contributed by atoms with Crippen molar-refractivity contribution in [1.82, 2.24) is 0 Å². The van der Waals surface area contributed by atoms with Crippen molar-refractivity contribution in [1.29, 1.82) is 0 Å². The van der Waals surface area contributed by atoms with Crippen molar-refractivity contribution in [3.8, 4) is 33.8 Å². The Balaban J connectivity index is 1.07. The molecule has 0 saturated carbocycles. The molecule has 1 aliphatic heterocycles. The Hall–Kier alpha value is -7.42. The van der Waals surface area contributed by atoms with Crippen molar-refractivity contribution in [2.45, 2.75) is 5.41 Å². The average Bonchev–Trinajstić information content (AvgIpc) is 3.57. The van der Waals surface area contributed by atoms with Crippen LogP contribution < -0.4 is 9.64 Å². The molecule has 57 heavy (non-hydrogen) atoms. The van der Waals surface area contributed by atoms with Gasteiger partial charge in [-0.05, 0) is 85.9 Å². The van der Waals surface area contributed by atoms with Crippen LogP contribution in [0.5, 0.6) is 11.5 Å². The highest BCUT2D eigenvalue weighted by atomic mass is 16.5. The van der Waals surface area contributed by atoms with Crippen LogP contribution >= 0.6 is 0 Å². The summed E-state index contributed by atoms with van der Waals surface area (Å²) >= 11 is 0. The summed E-state index contributed by atoms with van der Waals surface area (Å²) in [5, 5.41) is 7.03. The predicted octanol–water partition coefficient (Wildman–Crippen LogP) is 14.8. The lowest BCUT2D eigenvalue weighted by Gasteiger charge is -2.40. The highest BCUT2D eigenvalue weighted by Gasteiger charge is 2.51. The Morgan fingerprint density at radius 3 is 1.56 bits per heavy atom. The summed E-state index contributed by atoms with van der Waals surface area (Å²) < 4.78 is 7.17. The van der Waals surface area contributed by atoms with E-state index in [0.29, 0.717) is 0 Å². The first-order valence-corrected chi connectivity index (χ1v) is 19.7. The molecule has 10 aromatic carbocycles. The molecule has 1 aliphatic carbocycles. The Kier molecular flexibility index (Phi) is 6.88. The number of anilines is 3. The van der Waals surface area contributed by atoms with Crippen LogP contribution in [0.4, 0.5) is 17.1 Å². The van der Waals surface area contributed by atoms with Crippen molar-refractivity contribution in [3.05, 3.63) is 235 Å². The van der Waals surface area contributed by atoms with Gasteiger partial charge in [-0.15, -0.1) is 0 Å². The van der Waals surface area contributed by atoms with Gasteiger partial charge in [0, 0.05) is 38.7 Å². The molecule has 1 spiro atoms. The number of hydrogen-bond acceptors (Lipinski definition) is 2. The van der Waals surface area contributed by atoms with Crippen LogP contribution in [0.25, 0.3) is 54.6 Å². The lowest BCUT2D eigenvalue weighted by atomic mass is 9.65. The lowest BCUT2D eigenvalue weighted by Crippen LogP contribution is -2.32. The van der Waals surface area contributed by atoms with E-state index in [-0.39, 0.29) is 0 Å². The van der Waals surface area contributed by atoms with Crippen molar-refractivity contribution in [2.24, 2.45) is 0 Å². The highest BCUT2D eigenvalue weighted by molar-refractivity contribution is 6.01. The van der Waals surface area contributed by atoms with Gasteiger partial charge in [-0.2, -0.15) is 0 Å². The molecule has 0 unspecified atom stereocenters. The first-order chi connectivity index (χ1) is 28.3. The largest absolute Gasteiger partial charge is 0.455 e. The normalized spacial score (nSPS) is 13.2. The van der Waals surface area contributed by atoms with Gasteiger partial charge < -0.3 is 9.64 Å². The van der Waals surface area contributed by atoms with Gasteiger partial charge >= 0.3 is 0 Å². The molecule has 0 aromatic heterocycles. The molecule has 0 bridgehead atoms. The van der Waals surface area contributed by atoms with Crippen molar-refractivity contribution in [3.63, 3.8) is 0 Å². The molecule has 0 N–H and O–H groups in total. The molecule has 2 nitrogen and oxygen atoms in total. The van der Waals surface area contributed by atoms with E-state index in [0.717, 1.165) is 39.3 Å². The Morgan fingerprint density at radius 1 is 0.333 bits per heavy atom. The zero-order valence-corrected chi connectivity index (χ0v) is 31.1. The summed E-state index contributed by atoms with van der Waals surface area (Å²) in [5.74, 6) is 1.87. The molecule has 2 heteroatoms. The van der Waals surface area contributed by atoms with E-state index in [2.05, 4.69) is 217 Å². The van der Waals surface area contributed by atoms with Crippen LogP contribution in [-0.2, 0) is 5.41 Å². The second-order valence-electron chi connectivity index (χ2n) is 15.2. The number of rotatable bonds is 4. The molecule has 0 fully saturated rings. The third-order valence-corrected chi connectivity index (χ3v) is 12.3. The van der Waals surface area contributed by atoms with Gasteiger partial charge in [0.05, 0.1) is 11.1 Å². The second kappa shape index (κ2) is 12.3. The average molecular weight is 726 g/mol. The monoisotopic (exact) mass is 725 g/mol. The summed E-state index contributed by atoms with van der Waals surface area (Å²) in [6, 6.07) is 77.4. The van der Waals surface area contributed by atoms with Gasteiger partial charge in [0.1, 0.15) is 11.5 Å². The van der Waals surface area contributed by atoms with E-state index < -0.39 is 5.41 Å². The Morgan fingerprint density at radius 2 is 0.860 bits per heavy atom. The maximum absolute atomic E-state index is 7.17. The fraction of sp³-hybridized carbons (Fsp3) is 0.0182. The number of benzene rings is 10. The fourth-order valence-electron chi connectivity index (χ4n) is 9.79. The van der Waals surface area contributed by atoms with E-state index in [9.17, 15) is 0 Å². The van der Waals surface area contributed by atoms with Gasteiger partial charge in [-0.3, -0.25) is 0 Å². The van der Waals surface area contributed by atoms with E-state index in [4.69, 9.17) is 4.74 Å². The molecule has 0 amide bonds. The predicted molar refractivity (Wildman–Crippen MR) is 236 cm³/mol. The van der Waals surface area contributed by atoms with E-state index in [1.54, 1.807) is 0 Å². The van der Waals surface area contributed by atoms with E-state index in [1.165, 1.54) is 66.1 Å². The van der Waals surface area contributed by atoms with Gasteiger partial charge in [0.2, 0.25) is 0 Å². The molecule has 0 radical (unpaired) electrons. The number of hydrogen-bond donors (Lipinski definition) is 0. The Bertz CT molecular complexity index is 3130. The number of fused-ring (bicyclic) bond motifs is 14. The Labute approximate surface area is 331 Å². The molecule has 0 saturated heterocycles. The first kappa shape index (κ1) is 31.9. The number of nitrogens with zero attached hydrogens (tertiary/aromatic N) is 1. The van der Waals surface area contributed by atoms with Crippen molar-refractivity contribution in [2.75, 3.05) is 4.90 Å². The molecule has 12 rings (SSSR count). The quantitative estimate of drug-likeness (QED) is 0.179. The van der Waals surface area contributed by atoms with Crippen molar-refractivity contribution >= 4 is 49.4 Å². The summed E-state index contributed by atoms with van der Waals surface area (Å²) in [5.41, 5.74) is 12.6. The maximum atomic E-state index is 7.17. The minimum absolute atomic E-state index is 0.586. The minimum Gasteiger partial charge on any atom is -0.455 e. The minimum atomic E-state index is -0.586. The number of ether oxygens (including phenoxy) is 1. The molecule has 1 heterocycles. The standard InChI is InChI=1S/C55H35NO/c1-2-17-41(18-3-1)56(52-24-12-16-37-13-4-7-19-43(37)52)42-30-25-36(26-31-42)40-27-32-47-46-22-10-11-23-48(46)55(51(47)35-40)49-33-28-38-14-5-8-20-44(38)53(49)57-54-45-21-9-6-15-39(45)29-34-50(54)55/h1-35H. The molecule has 10 aromatic rings. The van der Waals surface area contributed by atoms with Crippen LogP contribution in [0.2, 0.25) is 0 Å². The zero-order valence-electron chi connectivity index (χ0n) is 31.1. The van der Waals surface area contributed by atoms with Gasteiger partial charge in [-0.25, -0.2) is 0 Å². The summed E-state index contributed by atoms with van der Waals surface area (Å²) in [4.78, 5) is 2.37. The molecular formula is C55H35NO. The smallest absolute Gasteiger partial charge is 0.140 e. The van der Waals surface area contributed by atoms with Crippen LogP contribution in [0.1, 0.15) is 22.3 Å². The third kappa shape index (κ3) is 4.59. The van der Waals surface area contributed by atoms with E-state index >= 15 is 0 Å². The van der Waals surface area contributed by atoms with Crippen LogP contribution in [0, 0.1) is 0 Å². The summed E-state index contributed by atoms with van der Waals surface area (Å²) in [6.07, 6.45) is 0. The van der Waals surface area contributed by atoms with Crippen molar-refractivity contribution < 1.29 is 4.74 Å². The SMILES string of the molecule is c1ccc(N(c2ccc(-c3ccc4c(c3)C3(c5ccccc5-4)c4ccc5ccccc5c4Oc4c3ccc3ccccc43)cc2)c2cccc3ccccc23)cc1. The number of para-hydroxylation sites is 1. The topological polar surface area (TPSA) is 12.5 Å². The lowest BCUT2D eigenvalue weighted by molar-refractivity contribution is 0.447. The zero-order chi connectivity index (χ0) is 37.5. The van der Waals surface area contributed by atoms with Crippen LogP contribution in [-0.4, -0.2) is 0 Å². The fourth-order valence-corrected chi connectivity index (χ4v) is 9.79. The summed E-state index contributed by atoms with van der Waals surface area (Å²) in [7, 11) is 0. The first-order valence-electron chi connectivity index (χ1n) is 19.7. The summed E-state index contributed by atoms with van der Waals surface area (Å²) in [6.45, 7) is 0. The third-order valence-electron chi connectivity index (χ3n) is 12.3. The van der Waals surface area contributed by atoms with Gasteiger partial charge in [0.25, 0.3) is 0 Å². The van der Waals surface area contributed by atoms with Gasteiger partial charge in [0.15, 0.2) is 0 Å². The van der Waals surface area contributed by atoms with Gasteiger partial charge in [-0.1, -0.05) is 176 Å². The molecular weight excluding hydrogens is 691 g/mol. The molecule has 2 aliphatic rings. The second-order valence-corrected chi connectivity index (χ2v) is 15.2. The van der Waals surface area contributed by atoms with Crippen LogP contribution in [0.15, 0.2) is 212 Å². The molecule has 0 atom stereocenters. The van der Waals surface area contributed by atoms with Crippen LogP contribution in [0.3, 0.4) is 0 Å². The molecule has 266 valence electrons. The highest BCUT2D eigenvalue weighted by Crippen LogP contribution is 2.64.